The van der Waals surface area contributed by atoms with Crippen LogP contribution in [-0.2, 0) is 11.3 Å². The second-order valence-corrected chi connectivity index (χ2v) is 7.22. The van der Waals surface area contributed by atoms with Crippen molar-refractivity contribution < 1.29 is 4.79 Å². The normalized spacial score (nSPS) is 12.5. The van der Waals surface area contributed by atoms with Gasteiger partial charge in [-0.05, 0) is 50.5 Å². The number of benzene rings is 1. The number of carbonyl (C=O) groups excluding carboxylic acids is 1. The van der Waals surface area contributed by atoms with Crippen molar-refractivity contribution >= 4 is 5.91 Å². The maximum atomic E-state index is 11.8. The quantitative estimate of drug-likeness (QED) is 0.273. The van der Waals surface area contributed by atoms with E-state index in [1.807, 2.05) is 30.3 Å². The fourth-order valence-corrected chi connectivity index (χ4v) is 2.74. The van der Waals surface area contributed by atoms with Gasteiger partial charge >= 0.3 is 0 Å². The summed E-state index contributed by atoms with van der Waals surface area (Å²) in [6, 6.07) is 9.99. The van der Waals surface area contributed by atoms with Crippen LogP contribution in [0.15, 0.2) is 103 Å². The lowest BCUT2D eigenvalue weighted by atomic mass is 10.2. The first kappa shape index (κ1) is 26.2. The third-order valence-electron chi connectivity index (χ3n) is 4.47. The molecule has 1 aromatic carbocycles. The van der Waals surface area contributed by atoms with E-state index in [0.717, 1.165) is 50.5 Å². The van der Waals surface area contributed by atoms with Crippen molar-refractivity contribution in [3.8, 4) is 0 Å². The molecule has 1 rings (SSSR count). The molecule has 0 radical (unpaired) electrons. The Balaban J connectivity index is 1.96. The van der Waals surface area contributed by atoms with E-state index in [0.29, 0.717) is 13.0 Å². The maximum Gasteiger partial charge on any atom is 0.220 e. The van der Waals surface area contributed by atoms with Crippen LogP contribution in [0.2, 0.25) is 0 Å². The van der Waals surface area contributed by atoms with Gasteiger partial charge in [0.15, 0.2) is 0 Å². The molecule has 0 aromatic heterocycles. The molecule has 1 N–H and O–H groups in total. The van der Waals surface area contributed by atoms with Gasteiger partial charge in [-0.25, -0.2) is 0 Å². The molecule has 0 aliphatic carbocycles. The van der Waals surface area contributed by atoms with E-state index in [9.17, 15) is 4.79 Å². The highest BCUT2D eigenvalue weighted by Crippen LogP contribution is 2.00. The molecule has 0 atom stereocenters. The Morgan fingerprint density at radius 3 is 1.61 bits per heavy atom. The Kier molecular flexibility index (Phi) is 17.2. The highest BCUT2D eigenvalue weighted by atomic mass is 16.1. The predicted octanol–water partition coefficient (Wildman–Crippen LogP) is 7.78. The van der Waals surface area contributed by atoms with Crippen molar-refractivity contribution in [1.29, 1.82) is 0 Å². The molecule has 0 heterocycles. The smallest absolute Gasteiger partial charge is 0.220 e. The van der Waals surface area contributed by atoms with E-state index in [1.165, 1.54) is 0 Å². The zero-order valence-electron chi connectivity index (χ0n) is 19.1. The van der Waals surface area contributed by atoms with Crippen LogP contribution in [0.1, 0.15) is 63.9 Å². The van der Waals surface area contributed by atoms with Gasteiger partial charge in [0.1, 0.15) is 0 Å². The molecule has 0 saturated heterocycles. The Labute approximate surface area is 189 Å². The summed E-state index contributed by atoms with van der Waals surface area (Å²) in [4.78, 5) is 11.8. The van der Waals surface area contributed by atoms with Crippen LogP contribution in [-0.4, -0.2) is 5.91 Å². The zero-order valence-corrected chi connectivity index (χ0v) is 19.1. The van der Waals surface area contributed by atoms with E-state index >= 15 is 0 Å². The Morgan fingerprint density at radius 1 is 0.677 bits per heavy atom. The number of amides is 1. The average molecular weight is 418 g/mol. The number of allylic oxidation sites excluding steroid dienone is 12. The molecule has 2 heteroatoms. The van der Waals surface area contributed by atoms with Crippen LogP contribution in [0.5, 0.6) is 0 Å². The van der Waals surface area contributed by atoms with Crippen molar-refractivity contribution in [2.24, 2.45) is 0 Å². The number of hydrogen-bond acceptors (Lipinski definition) is 1. The van der Waals surface area contributed by atoms with Crippen LogP contribution in [0, 0.1) is 0 Å². The second kappa shape index (κ2) is 20.4. The third kappa shape index (κ3) is 17.7. The Bertz CT molecular complexity index is 735. The summed E-state index contributed by atoms with van der Waals surface area (Å²) in [5.74, 6) is 0.100. The van der Waals surface area contributed by atoms with Crippen LogP contribution < -0.4 is 5.32 Å². The van der Waals surface area contributed by atoms with E-state index in [-0.39, 0.29) is 5.91 Å². The highest BCUT2D eigenvalue weighted by Gasteiger charge is 1.98. The summed E-state index contributed by atoms with van der Waals surface area (Å²) in [5.41, 5.74) is 1.13. The highest BCUT2D eigenvalue weighted by molar-refractivity contribution is 5.75. The van der Waals surface area contributed by atoms with Crippen molar-refractivity contribution in [3.63, 3.8) is 0 Å². The fraction of sp³-hybridized carbons (Fsp3) is 0.345. The fourth-order valence-electron chi connectivity index (χ4n) is 2.74. The molecular weight excluding hydrogens is 378 g/mol. The van der Waals surface area contributed by atoms with Crippen LogP contribution in [0.25, 0.3) is 0 Å². The van der Waals surface area contributed by atoms with Crippen molar-refractivity contribution in [2.45, 2.75) is 64.8 Å². The van der Waals surface area contributed by atoms with E-state index in [4.69, 9.17) is 0 Å². The lowest BCUT2D eigenvalue weighted by Crippen LogP contribution is -2.22. The number of hydrogen-bond donors (Lipinski definition) is 1. The van der Waals surface area contributed by atoms with Gasteiger partial charge in [0.25, 0.3) is 0 Å². The topological polar surface area (TPSA) is 29.1 Å². The van der Waals surface area contributed by atoms with Gasteiger partial charge in [0, 0.05) is 13.0 Å². The first-order chi connectivity index (χ1) is 15.3. The summed E-state index contributed by atoms with van der Waals surface area (Å²) >= 11 is 0. The minimum atomic E-state index is 0.100. The molecule has 2 nitrogen and oxygen atoms in total. The standard InChI is InChI=1S/C29H39NO/c1-2-3-4-5-6-7-8-9-10-11-12-13-14-15-16-17-18-19-23-26-29(31)30-27-28-24-21-20-22-25-28/h3-4,6-7,9-10,12-13,15-16,18-22,24-25H,2,5,8,11,14,17,23,26-27H2,1H3,(H,30,31)/b4-3-,7-6-,10-9-,13-12-,16-15-,19-18-. The first-order valence-corrected chi connectivity index (χ1v) is 11.5. The molecule has 0 bridgehead atoms. The molecule has 0 aliphatic heterocycles. The van der Waals surface area contributed by atoms with Gasteiger partial charge in [0.05, 0.1) is 0 Å². The monoisotopic (exact) mass is 417 g/mol. The van der Waals surface area contributed by atoms with E-state index in [2.05, 4.69) is 85.2 Å². The average Bonchev–Trinajstić information content (AvgIpc) is 2.80. The van der Waals surface area contributed by atoms with Gasteiger partial charge in [0.2, 0.25) is 5.91 Å². The molecule has 166 valence electrons. The van der Waals surface area contributed by atoms with Crippen molar-refractivity contribution in [2.75, 3.05) is 0 Å². The number of nitrogens with one attached hydrogen (secondary N) is 1. The summed E-state index contributed by atoms with van der Waals surface area (Å²) in [7, 11) is 0. The zero-order chi connectivity index (χ0) is 22.2. The van der Waals surface area contributed by atoms with Gasteiger partial charge < -0.3 is 5.32 Å². The van der Waals surface area contributed by atoms with Gasteiger partial charge in [-0.2, -0.15) is 0 Å². The molecule has 0 spiro atoms. The minimum absolute atomic E-state index is 0.100. The van der Waals surface area contributed by atoms with E-state index < -0.39 is 0 Å². The van der Waals surface area contributed by atoms with Crippen LogP contribution in [0.3, 0.4) is 0 Å². The summed E-state index contributed by atoms with van der Waals surface area (Å²) in [5, 5.41) is 2.95. The summed E-state index contributed by atoms with van der Waals surface area (Å²) in [6.07, 6.45) is 33.6. The third-order valence-corrected chi connectivity index (χ3v) is 4.47. The molecule has 0 saturated carbocycles. The Morgan fingerprint density at radius 2 is 1.13 bits per heavy atom. The van der Waals surface area contributed by atoms with E-state index in [1.54, 1.807) is 0 Å². The van der Waals surface area contributed by atoms with Crippen molar-refractivity contribution in [1.82, 2.24) is 5.32 Å². The predicted molar refractivity (Wildman–Crippen MR) is 136 cm³/mol. The second-order valence-electron chi connectivity index (χ2n) is 7.22. The van der Waals surface area contributed by atoms with Gasteiger partial charge in [-0.15, -0.1) is 0 Å². The molecule has 1 aromatic rings. The van der Waals surface area contributed by atoms with Crippen molar-refractivity contribution in [3.05, 3.63) is 109 Å². The SMILES string of the molecule is CC/C=C\C/C=C\C/C=C\C/C=C\C/C=C\C/C=C\CCC(=O)NCc1ccccc1. The van der Waals surface area contributed by atoms with Gasteiger partial charge in [-0.3, -0.25) is 4.79 Å². The number of rotatable bonds is 16. The lowest BCUT2D eigenvalue weighted by molar-refractivity contribution is -0.121. The molecule has 31 heavy (non-hydrogen) atoms. The minimum Gasteiger partial charge on any atom is -0.352 e. The maximum absolute atomic E-state index is 11.8. The lowest BCUT2D eigenvalue weighted by Gasteiger charge is -2.03. The van der Waals surface area contributed by atoms with Crippen LogP contribution in [0.4, 0.5) is 0 Å². The molecule has 0 aliphatic rings. The largest absolute Gasteiger partial charge is 0.352 e. The molecular formula is C29H39NO. The molecule has 0 unspecified atom stereocenters. The molecule has 1 amide bonds. The summed E-state index contributed by atoms with van der Waals surface area (Å²) < 4.78 is 0. The molecule has 0 fully saturated rings. The number of carbonyl (C=O) groups is 1. The van der Waals surface area contributed by atoms with Gasteiger partial charge in [-0.1, -0.05) is 110 Å². The Hall–Kier alpha value is -2.87. The summed E-state index contributed by atoms with van der Waals surface area (Å²) in [6.45, 7) is 2.76. The van der Waals surface area contributed by atoms with Crippen LogP contribution >= 0.6 is 0 Å². The first-order valence-electron chi connectivity index (χ1n) is 11.5.